The van der Waals surface area contributed by atoms with E-state index in [2.05, 4.69) is 39.0 Å². The van der Waals surface area contributed by atoms with Gasteiger partial charge in [-0.05, 0) is 30.0 Å². The van der Waals surface area contributed by atoms with E-state index in [1.807, 2.05) is 6.92 Å². The highest BCUT2D eigenvalue weighted by atomic mass is 32.1. The topological polar surface area (TPSA) is 35.2 Å². The highest BCUT2D eigenvalue weighted by Crippen LogP contribution is 2.27. The third kappa shape index (κ3) is 4.00. The summed E-state index contributed by atoms with van der Waals surface area (Å²) in [5.41, 5.74) is 8.01. The molecule has 1 rings (SSSR count). The fourth-order valence-electron chi connectivity index (χ4n) is 1.54. The van der Waals surface area contributed by atoms with Gasteiger partial charge in [-0.1, -0.05) is 45.1 Å². The van der Waals surface area contributed by atoms with Crippen molar-refractivity contribution in [3.8, 4) is 5.75 Å². The Morgan fingerprint density at radius 2 is 2.00 bits per heavy atom. The van der Waals surface area contributed by atoms with Crippen LogP contribution >= 0.6 is 12.2 Å². The number of thiocarbonyl (C=S) groups is 1. The van der Waals surface area contributed by atoms with Crippen LogP contribution in [0.3, 0.4) is 0 Å². The van der Waals surface area contributed by atoms with Gasteiger partial charge >= 0.3 is 0 Å². The molecule has 1 aromatic rings. The van der Waals surface area contributed by atoms with Crippen molar-refractivity contribution in [2.75, 3.05) is 6.61 Å². The maximum Gasteiger partial charge on any atom is 0.123 e. The van der Waals surface area contributed by atoms with Crippen LogP contribution in [0.15, 0.2) is 18.2 Å². The normalized spacial score (nSPS) is 12.5. The first-order chi connectivity index (χ1) is 7.91. The lowest BCUT2D eigenvalue weighted by Gasteiger charge is -2.17. The van der Waals surface area contributed by atoms with Gasteiger partial charge in [-0.25, -0.2) is 0 Å². The van der Waals surface area contributed by atoms with Crippen LogP contribution in [0.1, 0.15) is 37.8 Å². The van der Waals surface area contributed by atoms with Crippen molar-refractivity contribution in [2.24, 2.45) is 11.7 Å². The standard InChI is InChI=1S/C14H21NOS/c1-9(2)12-6-5-10(3)7-13(12)16-8-11(4)14(15)17/h5-7,9,11H,8H2,1-4H3,(H2,15,17). The summed E-state index contributed by atoms with van der Waals surface area (Å²) in [4.78, 5) is 0.503. The molecule has 2 N–H and O–H groups in total. The zero-order chi connectivity index (χ0) is 13.0. The quantitative estimate of drug-likeness (QED) is 0.814. The maximum atomic E-state index is 5.83. The number of ether oxygens (including phenoxy) is 1. The van der Waals surface area contributed by atoms with Crippen molar-refractivity contribution < 1.29 is 4.74 Å². The Kier molecular flexibility index (Phi) is 4.94. The molecule has 94 valence electrons. The van der Waals surface area contributed by atoms with E-state index >= 15 is 0 Å². The lowest BCUT2D eigenvalue weighted by Crippen LogP contribution is -2.24. The summed E-state index contributed by atoms with van der Waals surface area (Å²) in [6.45, 7) is 8.91. The van der Waals surface area contributed by atoms with Gasteiger partial charge in [-0.2, -0.15) is 0 Å². The number of hydrogen-bond acceptors (Lipinski definition) is 2. The monoisotopic (exact) mass is 251 g/mol. The Labute approximate surface area is 109 Å². The van der Waals surface area contributed by atoms with Crippen LogP contribution in [0.25, 0.3) is 0 Å². The van der Waals surface area contributed by atoms with Crippen molar-refractivity contribution in [3.63, 3.8) is 0 Å². The lowest BCUT2D eigenvalue weighted by atomic mass is 10.0. The molecule has 1 aromatic carbocycles. The smallest absolute Gasteiger partial charge is 0.123 e. The summed E-state index contributed by atoms with van der Waals surface area (Å²) in [7, 11) is 0. The first kappa shape index (κ1) is 14.0. The Morgan fingerprint density at radius 3 is 2.53 bits per heavy atom. The molecule has 0 aliphatic heterocycles. The van der Waals surface area contributed by atoms with E-state index in [0.717, 1.165) is 5.75 Å². The van der Waals surface area contributed by atoms with Gasteiger partial charge in [0.05, 0.1) is 11.6 Å². The summed E-state index contributed by atoms with van der Waals surface area (Å²) < 4.78 is 5.83. The molecule has 0 heterocycles. The number of aryl methyl sites for hydroxylation is 1. The Hall–Kier alpha value is -1.09. The summed E-state index contributed by atoms with van der Waals surface area (Å²) in [5.74, 6) is 1.50. The fourth-order valence-corrected chi connectivity index (χ4v) is 1.61. The number of hydrogen-bond donors (Lipinski definition) is 1. The number of nitrogens with two attached hydrogens (primary N) is 1. The molecule has 0 spiro atoms. The minimum atomic E-state index is 0.102. The van der Waals surface area contributed by atoms with Gasteiger partial charge in [-0.3, -0.25) is 0 Å². The molecule has 1 atom stereocenters. The van der Waals surface area contributed by atoms with Crippen molar-refractivity contribution in [1.29, 1.82) is 0 Å². The van der Waals surface area contributed by atoms with Crippen LogP contribution in [0.2, 0.25) is 0 Å². The predicted octanol–water partition coefficient (Wildman–Crippen LogP) is 3.42. The molecule has 0 fully saturated rings. The molecule has 0 saturated carbocycles. The first-order valence-corrected chi connectivity index (χ1v) is 6.35. The van der Waals surface area contributed by atoms with Crippen LogP contribution in [0.5, 0.6) is 5.75 Å². The van der Waals surface area contributed by atoms with Gasteiger partial charge in [0.2, 0.25) is 0 Å². The van der Waals surface area contributed by atoms with E-state index in [1.165, 1.54) is 11.1 Å². The third-order valence-electron chi connectivity index (χ3n) is 2.77. The van der Waals surface area contributed by atoms with E-state index in [9.17, 15) is 0 Å². The SMILES string of the molecule is Cc1ccc(C(C)C)c(OCC(C)C(N)=S)c1. The molecule has 0 aromatic heterocycles. The molecular weight excluding hydrogens is 230 g/mol. The summed E-state index contributed by atoms with van der Waals surface area (Å²) >= 11 is 4.94. The van der Waals surface area contributed by atoms with Crippen LogP contribution in [0, 0.1) is 12.8 Å². The summed E-state index contributed by atoms with van der Waals surface area (Å²) in [6, 6.07) is 6.31. The molecule has 0 saturated heterocycles. The van der Waals surface area contributed by atoms with E-state index in [4.69, 9.17) is 22.7 Å². The van der Waals surface area contributed by atoms with Crippen LogP contribution in [-0.4, -0.2) is 11.6 Å². The molecule has 0 aliphatic carbocycles. The molecule has 0 radical (unpaired) electrons. The molecule has 17 heavy (non-hydrogen) atoms. The second-order valence-electron chi connectivity index (χ2n) is 4.81. The highest BCUT2D eigenvalue weighted by molar-refractivity contribution is 7.80. The number of benzene rings is 1. The Balaban J connectivity index is 2.82. The molecule has 1 unspecified atom stereocenters. The number of rotatable bonds is 5. The zero-order valence-corrected chi connectivity index (χ0v) is 11.8. The van der Waals surface area contributed by atoms with E-state index in [1.54, 1.807) is 0 Å². The third-order valence-corrected chi connectivity index (χ3v) is 3.17. The molecule has 0 bridgehead atoms. The Morgan fingerprint density at radius 1 is 1.35 bits per heavy atom. The van der Waals surface area contributed by atoms with Crippen LogP contribution in [0.4, 0.5) is 0 Å². The molecular formula is C14H21NOS. The van der Waals surface area contributed by atoms with Gasteiger partial charge in [-0.15, -0.1) is 0 Å². The molecule has 2 nitrogen and oxygen atoms in total. The first-order valence-electron chi connectivity index (χ1n) is 5.94. The van der Waals surface area contributed by atoms with Gasteiger partial charge in [0.15, 0.2) is 0 Å². The summed E-state index contributed by atoms with van der Waals surface area (Å²) in [5, 5.41) is 0. The van der Waals surface area contributed by atoms with E-state index in [0.29, 0.717) is 17.5 Å². The predicted molar refractivity (Wildman–Crippen MR) is 76.7 cm³/mol. The van der Waals surface area contributed by atoms with Gasteiger partial charge in [0, 0.05) is 5.92 Å². The minimum Gasteiger partial charge on any atom is -0.493 e. The molecule has 0 aliphatic rings. The van der Waals surface area contributed by atoms with Gasteiger partial charge in [0.25, 0.3) is 0 Å². The van der Waals surface area contributed by atoms with Crippen LogP contribution in [-0.2, 0) is 0 Å². The van der Waals surface area contributed by atoms with E-state index in [-0.39, 0.29) is 5.92 Å². The minimum absolute atomic E-state index is 0.102. The average Bonchev–Trinajstić information content (AvgIpc) is 2.25. The molecule has 3 heteroatoms. The molecule has 0 amide bonds. The zero-order valence-electron chi connectivity index (χ0n) is 11.0. The lowest BCUT2D eigenvalue weighted by molar-refractivity contribution is 0.289. The second-order valence-corrected chi connectivity index (χ2v) is 5.28. The van der Waals surface area contributed by atoms with Gasteiger partial charge < -0.3 is 10.5 Å². The van der Waals surface area contributed by atoms with Crippen molar-refractivity contribution >= 4 is 17.2 Å². The largest absolute Gasteiger partial charge is 0.493 e. The highest BCUT2D eigenvalue weighted by Gasteiger charge is 2.11. The Bertz CT molecular complexity index is 401. The fraction of sp³-hybridized carbons (Fsp3) is 0.500. The summed E-state index contributed by atoms with van der Waals surface area (Å²) in [6.07, 6.45) is 0. The van der Waals surface area contributed by atoms with Gasteiger partial charge in [0.1, 0.15) is 5.75 Å². The average molecular weight is 251 g/mol. The second kappa shape index (κ2) is 6.01. The van der Waals surface area contributed by atoms with Crippen LogP contribution < -0.4 is 10.5 Å². The van der Waals surface area contributed by atoms with Crippen molar-refractivity contribution in [3.05, 3.63) is 29.3 Å². The van der Waals surface area contributed by atoms with E-state index < -0.39 is 0 Å². The van der Waals surface area contributed by atoms with Crippen molar-refractivity contribution in [1.82, 2.24) is 0 Å². The van der Waals surface area contributed by atoms with Crippen molar-refractivity contribution in [2.45, 2.75) is 33.6 Å². The maximum absolute atomic E-state index is 5.83.